The van der Waals surface area contributed by atoms with Crippen LogP contribution >= 0.6 is 23.5 Å². The Balaban J connectivity index is 0.000000179. The first kappa shape index (κ1) is 32.7. The molecule has 2 aliphatic carbocycles. The van der Waals surface area contributed by atoms with E-state index in [1.54, 1.807) is 0 Å². The maximum absolute atomic E-state index is 12.5. The third-order valence-electron chi connectivity index (χ3n) is 8.12. The van der Waals surface area contributed by atoms with Crippen LogP contribution in [0.1, 0.15) is 88.1 Å². The average Bonchev–Trinajstić information content (AvgIpc) is 3.54. The van der Waals surface area contributed by atoms with Crippen molar-refractivity contribution in [3.05, 3.63) is 57.2 Å². The van der Waals surface area contributed by atoms with E-state index in [1.165, 1.54) is 23.5 Å². The van der Waals surface area contributed by atoms with Crippen LogP contribution in [-0.2, 0) is 35.2 Å². The van der Waals surface area contributed by atoms with E-state index in [0.717, 1.165) is 98.0 Å². The molecular formula is C33H40N6O4S2. The maximum Gasteiger partial charge on any atom is 0.340 e. The number of H-pyrrole nitrogens is 1. The highest BCUT2D eigenvalue weighted by atomic mass is 32.2. The Morgan fingerprint density at radius 3 is 1.93 bits per heavy atom. The van der Waals surface area contributed by atoms with Crippen LogP contribution in [0.3, 0.4) is 0 Å². The number of fused-ring (bicyclic) bond motifs is 6. The van der Waals surface area contributed by atoms with Gasteiger partial charge in [-0.2, -0.15) is 0 Å². The van der Waals surface area contributed by atoms with E-state index in [-0.39, 0.29) is 18.0 Å². The second-order valence-corrected chi connectivity index (χ2v) is 12.7. The number of nitrogens with one attached hydrogen (secondary N) is 1. The molecule has 12 heteroatoms. The molecule has 0 unspecified atom stereocenters. The molecule has 0 spiro atoms. The van der Waals surface area contributed by atoms with Crippen LogP contribution < -0.4 is 0 Å². The fourth-order valence-corrected chi connectivity index (χ4v) is 6.96. The number of thioether (sulfide) groups is 2. The van der Waals surface area contributed by atoms with Gasteiger partial charge in [-0.1, -0.05) is 23.5 Å². The summed E-state index contributed by atoms with van der Waals surface area (Å²) in [5.41, 5.74) is 11.4. The molecule has 45 heavy (non-hydrogen) atoms. The number of nitrogens with zero attached hydrogens (tertiary/aromatic N) is 5. The van der Waals surface area contributed by atoms with Gasteiger partial charge in [0.25, 0.3) is 0 Å². The van der Waals surface area contributed by atoms with Crippen molar-refractivity contribution in [3.8, 4) is 22.8 Å². The fraction of sp³-hybridized carbons (Fsp3) is 0.455. The molecule has 0 bridgehead atoms. The van der Waals surface area contributed by atoms with Crippen LogP contribution in [0.4, 0.5) is 0 Å². The summed E-state index contributed by atoms with van der Waals surface area (Å²) in [4.78, 5) is 46.1. The minimum atomic E-state index is -0.255. The molecule has 2 aliphatic rings. The third-order valence-corrected chi connectivity index (χ3v) is 9.24. The van der Waals surface area contributed by atoms with Crippen LogP contribution in [0, 0.1) is 13.8 Å². The molecule has 4 aromatic heterocycles. The molecule has 10 nitrogen and oxygen atoms in total. The highest BCUT2D eigenvalue weighted by molar-refractivity contribution is 7.98. The van der Waals surface area contributed by atoms with E-state index in [4.69, 9.17) is 14.5 Å². The Kier molecular flexibility index (Phi) is 10.0. The summed E-state index contributed by atoms with van der Waals surface area (Å²) in [6.45, 7) is 12.6. The number of hydrogen-bond donors (Lipinski definition) is 1. The molecule has 0 atom stereocenters. The van der Waals surface area contributed by atoms with E-state index in [2.05, 4.69) is 38.4 Å². The molecule has 0 fully saturated rings. The van der Waals surface area contributed by atoms with Crippen LogP contribution in [0.5, 0.6) is 0 Å². The molecular weight excluding hydrogens is 609 g/mol. The smallest absolute Gasteiger partial charge is 0.340 e. The van der Waals surface area contributed by atoms with Gasteiger partial charge in [0.2, 0.25) is 0 Å². The predicted octanol–water partition coefficient (Wildman–Crippen LogP) is 6.61. The lowest BCUT2D eigenvalue weighted by Gasteiger charge is -2.21. The van der Waals surface area contributed by atoms with Gasteiger partial charge in [-0.3, -0.25) is 0 Å². The van der Waals surface area contributed by atoms with Gasteiger partial charge in [0.1, 0.15) is 0 Å². The molecule has 0 aromatic carbocycles. The zero-order chi connectivity index (χ0) is 32.4. The Hall–Kier alpha value is -3.64. The van der Waals surface area contributed by atoms with Crippen molar-refractivity contribution >= 4 is 35.5 Å². The number of aromatic nitrogens is 6. The topological polar surface area (TPSA) is 125 Å². The Bertz CT molecular complexity index is 1760. The van der Waals surface area contributed by atoms with Gasteiger partial charge < -0.3 is 19.0 Å². The summed E-state index contributed by atoms with van der Waals surface area (Å²) in [6.07, 6.45) is 11.1. The molecule has 4 aromatic rings. The van der Waals surface area contributed by atoms with E-state index >= 15 is 0 Å². The molecule has 1 N–H and O–H groups in total. The van der Waals surface area contributed by atoms with Crippen molar-refractivity contribution in [1.29, 1.82) is 0 Å². The zero-order valence-electron chi connectivity index (χ0n) is 27.2. The lowest BCUT2D eigenvalue weighted by atomic mass is 9.92. The maximum atomic E-state index is 12.5. The van der Waals surface area contributed by atoms with Crippen molar-refractivity contribution in [2.24, 2.45) is 0 Å². The molecule has 238 valence electrons. The summed E-state index contributed by atoms with van der Waals surface area (Å²) < 4.78 is 12.7. The fourth-order valence-electron chi connectivity index (χ4n) is 6.28. The summed E-state index contributed by atoms with van der Waals surface area (Å²) in [7, 11) is 0. The van der Waals surface area contributed by atoms with Gasteiger partial charge >= 0.3 is 11.9 Å². The molecule has 0 radical (unpaired) electrons. The lowest BCUT2D eigenvalue weighted by molar-refractivity contribution is 0.0514. The number of esters is 2. The number of hydrogen-bond acceptors (Lipinski definition) is 10. The van der Waals surface area contributed by atoms with Gasteiger partial charge in [0.15, 0.2) is 10.3 Å². The predicted molar refractivity (Wildman–Crippen MR) is 177 cm³/mol. The monoisotopic (exact) mass is 648 g/mol. The van der Waals surface area contributed by atoms with Crippen LogP contribution in [0.15, 0.2) is 22.7 Å². The number of carbonyl (C=O) groups is 2. The van der Waals surface area contributed by atoms with Crippen molar-refractivity contribution < 1.29 is 19.1 Å². The second-order valence-electron chi connectivity index (χ2n) is 11.1. The summed E-state index contributed by atoms with van der Waals surface area (Å²) in [5.74, 6) is -0.483. The standard InChI is InChI=1S/C18H23N3O2S.C15H17N3O2S/c1-6-23-17(22)14-11(4)21(10(2)3)16-13(14)8-7-12-9-19-18(24-5)20-15(12)16;1-4-20-14(19)11-8(2)17-13-10(11)6-5-9-7-16-15(21-3)18-12(9)13/h9-10H,6-8H2,1-5H3;7,17H,4-6H2,1-3H3. The van der Waals surface area contributed by atoms with E-state index in [9.17, 15) is 9.59 Å². The quantitative estimate of drug-likeness (QED) is 0.133. The Labute approximate surface area is 272 Å². The number of carbonyl (C=O) groups excluding carboxylic acids is 2. The van der Waals surface area contributed by atoms with Crippen LogP contribution in [0.25, 0.3) is 22.8 Å². The molecule has 0 saturated carbocycles. The first-order valence-corrected chi connectivity index (χ1v) is 17.7. The molecule has 0 aliphatic heterocycles. The normalized spacial score (nSPS) is 12.8. The number of aromatic amines is 1. The van der Waals surface area contributed by atoms with Crippen molar-refractivity contribution in [1.82, 2.24) is 29.5 Å². The Morgan fingerprint density at radius 2 is 1.38 bits per heavy atom. The van der Waals surface area contributed by atoms with Gasteiger partial charge in [-0.15, -0.1) is 0 Å². The SMILES string of the molecule is CCOC(=O)c1c(C)[nH]c2c1CCc1cnc(SC)nc1-2.CCOC(=O)c1c2c(n(C(C)C)c1C)-c1nc(SC)ncc1CC2. The first-order valence-electron chi connectivity index (χ1n) is 15.2. The minimum absolute atomic E-state index is 0.228. The molecule has 6 rings (SSSR count). The molecule has 0 amide bonds. The van der Waals surface area contributed by atoms with Crippen molar-refractivity contribution in [2.75, 3.05) is 25.7 Å². The Morgan fingerprint density at radius 1 is 0.844 bits per heavy atom. The first-order chi connectivity index (χ1) is 21.6. The van der Waals surface area contributed by atoms with E-state index in [1.807, 2.05) is 52.6 Å². The summed E-state index contributed by atoms with van der Waals surface area (Å²) in [5, 5.41) is 1.50. The average molecular weight is 649 g/mol. The third kappa shape index (κ3) is 6.14. The summed E-state index contributed by atoms with van der Waals surface area (Å²) in [6, 6.07) is 0.237. The number of aryl methyl sites for hydroxylation is 3. The van der Waals surface area contributed by atoms with Gasteiger partial charge in [0, 0.05) is 29.8 Å². The van der Waals surface area contributed by atoms with Gasteiger partial charge in [-0.05, 0) is 102 Å². The lowest BCUT2D eigenvalue weighted by Crippen LogP contribution is -2.13. The molecule has 4 heterocycles. The minimum Gasteiger partial charge on any atom is -0.462 e. The molecule has 0 saturated heterocycles. The van der Waals surface area contributed by atoms with Crippen LogP contribution in [0.2, 0.25) is 0 Å². The van der Waals surface area contributed by atoms with Gasteiger partial charge in [-0.25, -0.2) is 29.5 Å². The van der Waals surface area contributed by atoms with Crippen LogP contribution in [-0.4, -0.2) is 67.2 Å². The second kappa shape index (κ2) is 13.8. The van der Waals surface area contributed by atoms with Gasteiger partial charge in [0.05, 0.1) is 47.1 Å². The van der Waals surface area contributed by atoms with E-state index < -0.39 is 0 Å². The van der Waals surface area contributed by atoms with E-state index in [0.29, 0.717) is 18.8 Å². The number of rotatable bonds is 7. The summed E-state index contributed by atoms with van der Waals surface area (Å²) >= 11 is 3.05. The largest absolute Gasteiger partial charge is 0.462 e. The highest BCUT2D eigenvalue weighted by Crippen LogP contribution is 2.40. The zero-order valence-corrected chi connectivity index (χ0v) is 28.8. The van der Waals surface area contributed by atoms with Crippen molar-refractivity contribution in [2.45, 2.75) is 83.6 Å². The van der Waals surface area contributed by atoms with Crippen molar-refractivity contribution in [3.63, 3.8) is 0 Å². The number of ether oxygens (including phenoxy) is 2. The highest BCUT2D eigenvalue weighted by Gasteiger charge is 2.32.